The molecule has 0 aromatic heterocycles. The lowest BCUT2D eigenvalue weighted by Gasteiger charge is -2.10. The smallest absolute Gasteiger partial charge is 0.191 e. The molecule has 7 heteroatoms. The first-order chi connectivity index (χ1) is 9.17. The summed E-state index contributed by atoms with van der Waals surface area (Å²) in [7, 11) is 0. The molecule has 0 spiro atoms. The van der Waals surface area contributed by atoms with Crippen molar-refractivity contribution in [1.82, 2.24) is 10.6 Å². The van der Waals surface area contributed by atoms with Crippen molar-refractivity contribution >= 4 is 41.7 Å². The molecule has 1 aromatic carbocycles. The Kier molecular flexibility index (Phi) is 10.6. The maximum Gasteiger partial charge on any atom is 0.191 e. The molecule has 20 heavy (non-hydrogen) atoms. The van der Waals surface area contributed by atoms with Crippen LogP contribution in [-0.4, -0.2) is 36.2 Å². The Hall–Kier alpha value is -0.700. The molecule has 0 aliphatic heterocycles. The molecule has 1 aromatic rings. The Labute approximate surface area is 140 Å². The second-order valence-electron chi connectivity index (χ2n) is 3.90. The van der Waals surface area contributed by atoms with Gasteiger partial charge in [0.25, 0.3) is 0 Å². The highest BCUT2D eigenvalue weighted by Gasteiger charge is 2.02. The topological polar surface area (TPSA) is 56.7 Å². The van der Waals surface area contributed by atoms with Crippen LogP contribution in [0.5, 0.6) is 5.75 Å². The molecule has 114 valence electrons. The van der Waals surface area contributed by atoms with Crippen LogP contribution in [0.4, 0.5) is 4.39 Å². The predicted molar refractivity (Wildman–Crippen MR) is 94.7 cm³/mol. The van der Waals surface area contributed by atoms with Crippen LogP contribution >= 0.6 is 35.7 Å². The summed E-state index contributed by atoms with van der Waals surface area (Å²) in [5, 5.41) is 15.4. The summed E-state index contributed by atoms with van der Waals surface area (Å²) in [5.74, 6) is 0.758. The fourth-order valence-corrected chi connectivity index (χ4v) is 1.74. The van der Waals surface area contributed by atoms with Gasteiger partial charge in [0.1, 0.15) is 0 Å². The summed E-state index contributed by atoms with van der Waals surface area (Å²) >= 11 is 1.76. The molecule has 0 radical (unpaired) electrons. The van der Waals surface area contributed by atoms with Gasteiger partial charge in [0.05, 0.1) is 6.54 Å². The van der Waals surface area contributed by atoms with E-state index in [1.807, 2.05) is 13.2 Å². The van der Waals surface area contributed by atoms with Crippen LogP contribution in [0.1, 0.15) is 12.5 Å². The molecule has 0 fully saturated rings. The third kappa shape index (κ3) is 7.18. The highest BCUT2D eigenvalue weighted by molar-refractivity contribution is 14.0. The summed E-state index contributed by atoms with van der Waals surface area (Å²) in [6.45, 7) is 3.96. The molecule has 0 bridgehead atoms. The van der Waals surface area contributed by atoms with E-state index in [-0.39, 0.29) is 29.7 Å². The average Bonchev–Trinajstić information content (AvgIpc) is 2.40. The van der Waals surface area contributed by atoms with Crippen LogP contribution in [-0.2, 0) is 6.54 Å². The van der Waals surface area contributed by atoms with Crippen molar-refractivity contribution in [3.8, 4) is 5.75 Å². The Balaban J connectivity index is 0.00000361. The Bertz CT molecular complexity index is 432. The molecule has 0 atom stereocenters. The van der Waals surface area contributed by atoms with Gasteiger partial charge < -0.3 is 15.7 Å². The largest absolute Gasteiger partial charge is 0.505 e. The summed E-state index contributed by atoms with van der Waals surface area (Å²) < 4.78 is 13.2. The lowest BCUT2D eigenvalue weighted by Crippen LogP contribution is -2.38. The van der Waals surface area contributed by atoms with E-state index in [0.717, 1.165) is 24.4 Å². The monoisotopic (exact) mass is 413 g/mol. The SMILES string of the molecule is CCNC(=NCc1ccc(O)c(F)c1)NCCSC.I. The van der Waals surface area contributed by atoms with Crippen molar-refractivity contribution in [2.45, 2.75) is 13.5 Å². The molecule has 1 rings (SSSR count). The normalized spacial score (nSPS) is 10.8. The first-order valence-electron chi connectivity index (χ1n) is 6.16. The number of aromatic hydroxyl groups is 1. The predicted octanol–water partition coefficient (Wildman–Crippen LogP) is 2.57. The van der Waals surface area contributed by atoms with Crippen LogP contribution in [0.2, 0.25) is 0 Å². The van der Waals surface area contributed by atoms with Gasteiger partial charge in [0.15, 0.2) is 17.5 Å². The zero-order valence-electron chi connectivity index (χ0n) is 11.6. The maximum absolute atomic E-state index is 13.2. The van der Waals surface area contributed by atoms with E-state index < -0.39 is 5.82 Å². The van der Waals surface area contributed by atoms with Gasteiger partial charge in [-0.25, -0.2) is 9.38 Å². The van der Waals surface area contributed by atoms with E-state index in [1.165, 1.54) is 12.1 Å². The summed E-state index contributed by atoms with van der Waals surface area (Å²) in [4.78, 5) is 4.36. The first-order valence-corrected chi connectivity index (χ1v) is 7.55. The van der Waals surface area contributed by atoms with Gasteiger partial charge in [0.2, 0.25) is 0 Å². The molecule has 0 saturated carbocycles. The summed E-state index contributed by atoms with van der Waals surface area (Å²) in [5.41, 5.74) is 0.720. The van der Waals surface area contributed by atoms with Gasteiger partial charge in [-0.05, 0) is 30.9 Å². The van der Waals surface area contributed by atoms with Crippen molar-refractivity contribution in [1.29, 1.82) is 0 Å². The van der Waals surface area contributed by atoms with Gasteiger partial charge in [-0.15, -0.1) is 24.0 Å². The van der Waals surface area contributed by atoms with Crippen LogP contribution in [0.3, 0.4) is 0 Å². The number of aliphatic imine (C=N–C) groups is 1. The Morgan fingerprint density at radius 2 is 2.15 bits per heavy atom. The highest BCUT2D eigenvalue weighted by atomic mass is 127. The minimum atomic E-state index is -0.618. The van der Waals surface area contributed by atoms with E-state index in [1.54, 1.807) is 17.8 Å². The number of phenolic OH excluding ortho intramolecular Hbond substituents is 1. The highest BCUT2D eigenvalue weighted by Crippen LogP contribution is 2.16. The van der Waals surface area contributed by atoms with E-state index >= 15 is 0 Å². The quantitative estimate of drug-likeness (QED) is 0.291. The molecule has 0 amide bonds. The molecule has 0 heterocycles. The second-order valence-corrected chi connectivity index (χ2v) is 4.89. The van der Waals surface area contributed by atoms with Crippen molar-refractivity contribution in [2.75, 3.05) is 25.1 Å². The van der Waals surface area contributed by atoms with Gasteiger partial charge in [-0.1, -0.05) is 6.07 Å². The molecular formula is C13H21FIN3OS. The van der Waals surface area contributed by atoms with Crippen molar-refractivity contribution in [3.05, 3.63) is 29.6 Å². The zero-order valence-corrected chi connectivity index (χ0v) is 14.8. The number of guanidine groups is 1. The van der Waals surface area contributed by atoms with E-state index in [2.05, 4.69) is 15.6 Å². The first kappa shape index (κ1) is 19.3. The fraction of sp³-hybridized carbons (Fsp3) is 0.462. The molecule has 3 N–H and O–H groups in total. The number of hydrogen-bond acceptors (Lipinski definition) is 3. The lowest BCUT2D eigenvalue weighted by atomic mass is 10.2. The van der Waals surface area contributed by atoms with Crippen LogP contribution in [0, 0.1) is 5.82 Å². The van der Waals surface area contributed by atoms with Crippen LogP contribution in [0.15, 0.2) is 23.2 Å². The summed E-state index contributed by atoms with van der Waals surface area (Å²) in [6, 6.07) is 4.30. The lowest BCUT2D eigenvalue weighted by molar-refractivity contribution is 0.432. The van der Waals surface area contributed by atoms with E-state index in [0.29, 0.717) is 12.5 Å². The van der Waals surface area contributed by atoms with Gasteiger partial charge >= 0.3 is 0 Å². The zero-order chi connectivity index (χ0) is 14.1. The number of benzene rings is 1. The molecule has 0 saturated heterocycles. The van der Waals surface area contributed by atoms with Crippen molar-refractivity contribution in [3.63, 3.8) is 0 Å². The number of nitrogens with zero attached hydrogens (tertiary/aromatic N) is 1. The fourth-order valence-electron chi connectivity index (χ4n) is 1.43. The average molecular weight is 413 g/mol. The molecule has 4 nitrogen and oxygen atoms in total. The molecular weight excluding hydrogens is 392 g/mol. The number of rotatable bonds is 6. The Morgan fingerprint density at radius 1 is 1.40 bits per heavy atom. The van der Waals surface area contributed by atoms with E-state index in [4.69, 9.17) is 5.11 Å². The number of halogens is 2. The van der Waals surface area contributed by atoms with Crippen LogP contribution < -0.4 is 10.6 Å². The maximum atomic E-state index is 13.2. The molecule has 0 unspecified atom stereocenters. The van der Waals surface area contributed by atoms with Crippen molar-refractivity contribution in [2.24, 2.45) is 4.99 Å². The number of nitrogens with one attached hydrogen (secondary N) is 2. The minimum absolute atomic E-state index is 0. The molecule has 0 aliphatic rings. The van der Waals surface area contributed by atoms with Gasteiger partial charge in [0, 0.05) is 18.8 Å². The number of hydrogen-bond donors (Lipinski definition) is 3. The second kappa shape index (κ2) is 11.0. The minimum Gasteiger partial charge on any atom is -0.505 e. The van der Waals surface area contributed by atoms with E-state index in [9.17, 15) is 4.39 Å². The third-order valence-corrected chi connectivity index (χ3v) is 2.99. The van der Waals surface area contributed by atoms with Gasteiger partial charge in [-0.2, -0.15) is 11.8 Å². The third-order valence-electron chi connectivity index (χ3n) is 2.37. The van der Waals surface area contributed by atoms with Gasteiger partial charge in [-0.3, -0.25) is 0 Å². The number of phenols is 1. The number of thioether (sulfide) groups is 1. The Morgan fingerprint density at radius 3 is 2.75 bits per heavy atom. The summed E-state index contributed by atoms with van der Waals surface area (Å²) in [6.07, 6.45) is 2.05. The molecule has 0 aliphatic carbocycles. The van der Waals surface area contributed by atoms with Crippen LogP contribution in [0.25, 0.3) is 0 Å². The van der Waals surface area contributed by atoms with Crippen molar-refractivity contribution < 1.29 is 9.50 Å². The standard InChI is InChI=1S/C13H20FN3OS.HI/c1-3-15-13(16-6-7-19-2)17-9-10-4-5-12(18)11(14)8-10;/h4-5,8,18H,3,6-7,9H2,1-2H3,(H2,15,16,17);1H.